The van der Waals surface area contributed by atoms with Gasteiger partial charge in [0.2, 0.25) is 0 Å². The summed E-state index contributed by atoms with van der Waals surface area (Å²) in [6, 6.07) is 0. The van der Waals surface area contributed by atoms with E-state index in [-0.39, 0.29) is 11.1 Å². The van der Waals surface area contributed by atoms with Crippen molar-refractivity contribution < 1.29 is 0 Å². The van der Waals surface area contributed by atoms with E-state index in [1.165, 1.54) is 36.2 Å². The Morgan fingerprint density at radius 3 is 1.59 bits per heavy atom. The second-order valence-electron chi connectivity index (χ2n) is 3.99. The van der Waals surface area contributed by atoms with Crippen molar-refractivity contribution in [3.63, 3.8) is 0 Å². The van der Waals surface area contributed by atoms with Crippen LogP contribution in [0.2, 0.25) is 0 Å². The third-order valence-corrected chi connectivity index (χ3v) is 11.0. The van der Waals surface area contributed by atoms with Crippen LogP contribution in [0, 0.1) is 0 Å². The summed E-state index contributed by atoms with van der Waals surface area (Å²) in [5.74, 6) is 2.08. The lowest BCUT2D eigenvalue weighted by molar-refractivity contribution is 0.861. The Bertz CT molecular complexity index is 718. The minimum absolute atomic E-state index is 0.227. The fourth-order valence-electron chi connectivity index (χ4n) is 1.70. The first kappa shape index (κ1) is 17.1. The minimum atomic E-state index is -0.227. The van der Waals surface area contributed by atoms with E-state index in [1.807, 2.05) is 23.5 Å². The van der Waals surface area contributed by atoms with Crippen molar-refractivity contribution in [1.29, 1.82) is 0 Å². The molecular weight excluding hydrogens is 397 g/mol. The number of nitrogens with one attached hydrogen (secondary N) is 2. The molecule has 0 radical (unpaired) electrons. The number of aromatic amines is 2. The van der Waals surface area contributed by atoms with Crippen LogP contribution >= 0.6 is 70.6 Å². The summed E-state index contributed by atoms with van der Waals surface area (Å²) in [7, 11) is 0. The third-order valence-electron chi connectivity index (χ3n) is 2.55. The summed E-state index contributed by atoms with van der Waals surface area (Å²) in [5.41, 5.74) is -0.454. The lowest BCUT2D eigenvalue weighted by Crippen LogP contribution is -2.20. The van der Waals surface area contributed by atoms with Crippen molar-refractivity contribution >= 4 is 70.6 Å². The zero-order valence-corrected chi connectivity index (χ0v) is 16.6. The van der Waals surface area contributed by atoms with Gasteiger partial charge in [-0.25, -0.2) is 0 Å². The minimum Gasteiger partial charge on any atom is -0.267 e. The predicted molar refractivity (Wildman–Crippen MR) is 105 cm³/mol. The maximum absolute atomic E-state index is 11.8. The number of rotatable bonds is 4. The second-order valence-corrected chi connectivity index (χ2v) is 11.7. The van der Waals surface area contributed by atoms with E-state index in [1.54, 1.807) is 23.5 Å². The highest BCUT2D eigenvalue weighted by Gasteiger charge is 2.31. The lowest BCUT2D eigenvalue weighted by atomic mass is 10.6. The predicted octanol–water partition coefficient (Wildman–Crippen LogP) is 4.50. The molecule has 1 aromatic rings. The molecule has 3 heterocycles. The molecule has 0 aliphatic carbocycles. The van der Waals surface area contributed by atoms with Crippen LogP contribution in [0.15, 0.2) is 36.3 Å². The van der Waals surface area contributed by atoms with Gasteiger partial charge in [0.1, 0.15) is 0 Å². The first-order valence-corrected chi connectivity index (χ1v) is 11.7. The smallest absolute Gasteiger partial charge is 0.267 e. The molecule has 0 spiro atoms. The second kappa shape index (κ2) is 7.43. The maximum atomic E-state index is 11.8. The molecule has 0 fully saturated rings. The van der Waals surface area contributed by atoms with Crippen LogP contribution in [0.4, 0.5) is 0 Å². The van der Waals surface area contributed by atoms with Gasteiger partial charge in [-0.05, 0) is 11.5 Å². The molecule has 0 saturated carbocycles. The molecule has 0 unspecified atom stereocenters. The zero-order chi connectivity index (χ0) is 15.7. The first-order chi connectivity index (χ1) is 10.6. The summed E-state index contributed by atoms with van der Waals surface area (Å²) >= 11 is 10.0. The molecule has 0 aromatic carbocycles. The number of fused-ring (bicyclic) bond motifs is 1. The van der Waals surface area contributed by atoms with Gasteiger partial charge in [-0.2, -0.15) is 0 Å². The number of hydrogen-bond donors (Lipinski definition) is 2. The largest absolute Gasteiger partial charge is 0.277 e. The molecule has 0 atom stereocenters. The molecule has 1 aromatic heterocycles. The Balaban J connectivity index is 1.89. The molecule has 0 saturated heterocycles. The molecule has 118 valence electrons. The number of aromatic nitrogens is 2. The highest BCUT2D eigenvalue weighted by Crippen LogP contribution is 2.63. The average molecular weight is 409 g/mol. The lowest BCUT2D eigenvalue weighted by Gasteiger charge is -2.00. The Labute approximate surface area is 152 Å². The number of H-pyrrole nitrogens is 2. The molecule has 22 heavy (non-hydrogen) atoms. The fourth-order valence-corrected chi connectivity index (χ4v) is 10.1. The standard InChI is InChI=1S/C12H12N2O2S6/c1-3-17-9-10(18-4-2)22-12(21-9)11-19-5-6(20-11)8(16)14-13-7(5)15/h3-4H2,1-2H3,(H,13,15)(H,14,16). The molecule has 0 bridgehead atoms. The van der Waals surface area contributed by atoms with Crippen LogP contribution < -0.4 is 11.1 Å². The topological polar surface area (TPSA) is 65.7 Å². The van der Waals surface area contributed by atoms with Crippen LogP contribution in [0.5, 0.6) is 0 Å². The van der Waals surface area contributed by atoms with Crippen molar-refractivity contribution in [2.75, 3.05) is 11.5 Å². The summed E-state index contributed by atoms with van der Waals surface area (Å²) in [5, 5.41) is 4.77. The Morgan fingerprint density at radius 1 is 0.773 bits per heavy atom. The van der Waals surface area contributed by atoms with Crippen molar-refractivity contribution in [3.05, 3.63) is 37.7 Å². The summed E-state index contributed by atoms with van der Waals surface area (Å²) < 4.78 is 4.88. The van der Waals surface area contributed by atoms with Crippen molar-refractivity contribution in [1.82, 2.24) is 10.2 Å². The van der Waals surface area contributed by atoms with E-state index >= 15 is 0 Å². The number of hydrogen-bond acceptors (Lipinski definition) is 8. The molecule has 3 rings (SSSR count). The average Bonchev–Trinajstić information content (AvgIpc) is 3.10. The van der Waals surface area contributed by atoms with Crippen LogP contribution in [-0.2, 0) is 0 Å². The summed E-state index contributed by atoms with van der Waals surface area (Å²) in [6.07, 6.45) is 0. The van der Waals surface area contributed by atoms with E-state index in [0.717, 1.165) is 15.7 Å². The van der Waals surface area contributed by atoms with Crippen LogP contribution in [0.1, 0.15) is 13.8 Å². The SMILES string of the molecule is CCSC1=C(SCC)SC(=C2Sc3c(c(=O)[nH][nH]c3=O)S2)S1. The molecule has 2 N–H and O–H groups in total. The molecule has 4 nitrogen and oxygen atoms in total. The van der Waals surface area contributed by atoms with Gasteiger partial charge in [0, 0.05) is 0 Å². The van der Waals surface area contributed by atoms with E-state index in [2.05, 4.69) is 24.0 Å². The van der Waals surface area contributed by atoms with Gasteiger partial charge >= 0.3 is 0 Å². The van der Waals surface area contributed by atoms with Gasteiger partial charge in [-0.1, -0.05) is 60.9 Å². The van der Waals surface area contributed by atoms with Gasteiger partial charge in [0.25, 0.3) is 11.1 Å². The monoisotopic (exact) mass is 408 g/mol. The van der Waals surface area contributed by atoms with Crippen LogP contribution in [0.25, 0.3) is 0 Å². The van der Waals surface area contributed by atoms with Gasteiger partial charge in [0.15, 0.2) is 0 Å². The molecule has 0 amide bonds. The van der Waals surface area contributed by atoms with Gasteiger partial charge < -0.3 is 0 Å². The molecule has 2 aliphatic rings. The van der Waals surface area contributed by atoms with Gasteiger partial charge in [-0.15, -0.1) is 23.5 Å². The van der Waals surface area contributed by atoms with Crippen molar-refractivity contribution in [2.24, 2.45) is 0 Å². The summed E-state index contributed by atoms with van der Waals surface area (Å²) in [4.78, 5) is 24.7. The molecule has 10 heteroatoms. The van der Waals surface area contributed by atoms with Crippen LogP contribution in [-0.4, -0.2) is 21.7 Å². The maximum Gasteiger partial charge on any atom is 0.277 e. The van der Waals surface area contributed by atoms with Crippen molar-refractivity contribution in [2.45, 2.75) is 23.6 Å². The first-order valence-electron chi connectivity index (χ1n) is 6.44. The van der Waals surface area contributed by atoms with E-state index < -0.39 is 0 Å². The van der Waals surface area contributed by atoms with Crippen molar-refractivity contribution in [3.8, 4) is 0 Å². The van der Waals surface area contributed by atoms with Crippen LogP contribution in [0.3, 0.4) is 0 Å². The highest BCUT2D eigenvalue weighted by atomic mass is 32.3. The number of thioether (sulfide) groups is 6. The van der Waals surface area contributed by atoms with E-state index in [4.69, 9.17) is 0 Å². The quantitative estimate of drug-likeness (QED) is 0.755. The fraction of sp³-hybridized carbons (Fsp3) is 0.333. The van der Waals surface area contributed by atoms with Gasteiger partial charge in [0.05, 0.1) is 26.7 Å². The highest BCUT2D eigenvalue weighted by molar-refractivity contribution is 8.42. The Morgan fingerprint density at radius 2 is 1.18 bits per heavy atom. The van der Waals surface area contributed by atoms with Gasteiger partial charge in [-0.3, -0.25) is 19.8 Å². The zero-order valence-electron chi connectivity index (χ0n) is 11.7. The third kappa shape index (κ3) is 3.36. The van der Waals surface area contributed by atoms with E-state index in [9.17, 15) is 9.59 Å². The molecular formula is C12H12N2O2S6. The van der Waals surface area contributed by atoms with E-state index in [0.29, 0.717) is 9.79 Å². The summed E-state index contributed by atoms with van der Waals surface area (Å²) in [6.45, 7) is 4.30. The Kier molecular flexibility index (Phi) is 5.78. The Hall–Kier alpha value is 0.260. The molecule has 2 aliphatic heterocycles. The normalized spacial score (nSPS) is 17.5.